The van der Waals surface area contributed by atoms with E-state index >= 15 is 4.39 Å². The van der Waals surface area contributed by atoms with Crippen LogP contribution in [0.25, 0.3) is 17.1 Å². The fraction of sp³-hybridized carbons (Fsp3) is 0.290. The number of carbonyl (C=O) groups excluding carboxylic acids is 1. The molecule has 3 aromatic carbocycles. The Morgan fingerprint density at radius 2 is 1.80 bits per heavy atom. The zero-order chi connectivity index (χ0) is 32.1. The van der Waals surface area contributed by atoms with Crippen LogP contribution >= 0.6 is 11.8 Å². The van der Waals surface area contributed by atoms with Gasteiger partial charge in [0.15, 0.2) is 17.2 Å². The number of hydrogen-bond donors (Lipinski definition) is 1. The Morgan fingerprint density at radius 1 is 1.09 bits per heavy atom. The highest BCUT2D eigenvalue weighted by Gasteiger charge is 2.31. The summed E-state index contributed by atoms with van der Waals surface area (Å²) in [5, 5.41) is 6.75. The van der Waals surface area contributed by atoms with Gasteiger partial charge < -0.3 is 15.0 Å². The number of hydrogen-bond acceptors (Lipinski definition) is 5. The maximum atomic E-state index is 15.1. The van der Waals surface area contributed by atoms with E-state index in [-0.39, 0.29) is 23.2 Å². The molecule has 0 spiro atoms. The van der Waals surface area contributed by atoms with Gasteiger partial charge in [-0.15, -0.1) is 18.3 Å². The van der Waals surface area contributed by atoms with E-state index in [1.165, 1.54) is 59.2 Å². The SMILES string of the molecule is CCc1ccccc1N1C(=NC(=O)NC(F)C(F)c2ccc(-c3ncn(-c4ccc(OC(F)(F)F)cc4)n3)cc2)SCCC1C. The second kappa shape index (κ2) is 13.7. The summed E-state index contributed by atoms with van der Waals surface area (Å²) in [5.74, 6) is 0.618. The summed E-state index contributed by atoms with van der Waals surface area (Å²) in [6.45, 7) is 4.07. The molecule has 0 saturated carbocycles. The van der Waals surface area contributed by atoms with Gasteiger partial charge in [0.25, 0.3) is 0 Å². The number of urea groups is 1. The Morgan fingerprint density at radius 3 is 2.49 bits per heavy atom. The number of thioether (sulfide) groups is 1. The van der Waals surface area contributed by atoms with Crippen LogP contribution in [0.5, 0.6) is 5.75 Å². The zero-order valence-electron chi connectivity index (χ0n) is 24.2. The minimum atomic E-state index is -4.80. The molecule has 5 rings (SSSR count). The van der Waals surface area contributed by atoms with Crippen LogP contribution in [-0.4, -0.2) is 50.4 Å². The van der Waals surface area contributed by atoms with E-state index in [4.69, 9.17) is 0 Å². The number of alkyl halides is 5. The van der Waals surface area contributed by atoms with Crippen LogP contribution in [0.15, 0.2) is 84.1 Å². The summed E-state index contributed by atoms with van der Waals surface area (Å²) in [5.41, 5.74) is 2.93. The molecule has 2 heterocycles. The Kier molecular flexibility index (Phi) is 9.71. The number of carbonyl (C=O) groups is 1. The highest BCUT2D eigenvalue weighted by molar-refractivity contribution is 8.14. The van der Waals surface area contributed by atoms with E-state index in [9.17, 15) is 22.4 Å². The molecule has 1 fully saturated rings. The van der Waals surface area contributed by atoms with Crippen LogP contribution in [0.4, 0.5) is 32.4 Å². The molecule has 0 aliphatic carbocycles. The molecule has 3 unspecified atom stereocenters. The van der Waals surface area contributed by atoms with E-state index in [0.717, 1.165) is 42.0 Å². The molecule has 1 saturated heterocycles. The van der Waals surface area contributed by atoms with E-state index in [1.54, 1.807) is 0 Å². The van der Waals surface area contributed by atoms with E-state index in [1.807, 2.05) is 48.3 Å². The number of ether oxygens (including phenoxy) is 1. The van der Waals surface area contributed by atoms with Crippen molar-refractivity contribution >= 4 is 28.6 Å². The van der Waals surface area contributed by atoms with Crippen molar-refractivity contribution in [2.45, 2.75) is 51.6 Å². The van der Waals surface area contributed by atoms with E-state index < -0.39 is 24.9 Å². The molecule has 1 aromatic heterocycles. The van der Waals surface area contributed by atoms with Gasteiger partial charge in [0.05, 0.1) is 5.69 Å². The third kappa shape index (κ3) is 7.80. The van der Waals surface area contributed by atoms with Crippen molar-refractivity contribution < 1.29 is 31.5 Å². The Hall–Kier alpha value is -4.46. The highest BCUT2D eigenvalue weighted by Crippen LogP contribution is 2.32. The van der Waals surface area contributed by atoms with Crippen molar-refractivity contribution in [1.82, 2.24) is 20.1 Å². The summed E-state index contributed by atoms with van der Waals surface area (Å²) in [6.07, 6.45) is -6.29. The first-order valence-electron chi connectivity index (χ1n) is 14.1. The molecule has 0 bridgehead atoms. The van der Waals surface area contributed by atoms with Gasteiger partial charge in [0, 0.05) is 23.0 Å². The van der Waals surface area contributed by atoms with Gasteiger partial charge in [0.2, 0.25) is 6.30 Å². The first-order chi connectivity index (χ1) is 21.5. The number of benzene rings is 3. The minimum Gasteiger partial charge on any atom is -0.406 e. The lowest BCUT2D eigenvalue weighted by molar-refractivity contribution is -0.274. The molecule has 3 atom stereocenters. The van der Waals surface area contributed by atoms with Crippen molar-refractivity contribution in [2.75, 3.05) is 10.7 Å². The van der Waals surface area contributed by atoms with Crippen LogP contribution in [0.1, 0.15) is 37.6 Å². The van der Waals surface area contributed by atoms with Crippen molar-refractivity contribution in [1.29, 1.82) is 0 Å². The van der Waals surface area contributed by atoms with Crippen molar-refractivity contribution in [3.8, 4) is 22.8 Å². The van der Waals surface area contributed by atoms with E-state index in [0.29, 0.717) is 16.4 Å². The average molecular weight is 645 g/mol. The van der Waals surface area contributed by atoms with Crippen LogP contribution in [-0.2, 0) is 6.42 Å². The third-order valence-electron chi connectivity index (χ3n) is 7.08. The molecule has 1 aliphatic rings. The normalized spacial score (nSPS) is 17.6. The molecular formula is C31H29F5N6O2S. The molecule has 2 amide bonds. The fourth-order valence-corrected chi connectivity index (χ4v) is 6.00. The van der Waals surface area contributed by atoms with Gasteiger partial charge in [-0.25, -0.2) is 23.2 Å². The number of halogens is 5. The van der Waals surface area contributed by atoms with E-state index in [2.05, 4.69) is 19.8 Å². The van der Waals surface area contributed by atoms with Crippen molar-refractivity contribution in [2.24, 2.45) is 4.99 Å². The van der Waals surface area contributed by atoms with Crippen LogP contribution in [0, 0.1) is 0 Å². The Labute approximate surface area is 260 Å². The monoisotopic (exact) mass is 644 g/mol. The number of aryl methyl sites for hydroxylation is 1. The van der Waals surface area contributed by atoms with Crippen LogP contribution in [0.2, 0.25) is 0 Å². The first-order valence-corrected chi connectivity index (χ1v) is 15.1. The molecule has 14 heteroatoms. The third-order valence-corrected chi connectivity index (χ3v) is 8.06. The topological polar surface area (TPSA) is 84.6 Å². The number of anilines is 1. The van der Waals surface area contributed by atoms with Gasteiger partial charge in [-0.2, -0.15) is 4.99 Å². The van der Waals surface area contributed by atoms with Gasteiger partial charge >= 0.3 is 12.4 Å². The minimum absolute atomic E-state index is 0.0157. The number of para-hydroxylation sites is 1. The number of aliphatic imine (C=N–C) groups is 1. The van der Waals surface area contributed by atoms with Gasteiger partial charge in [-0.05, 0) is 61.2 Å². The Balaban J connectivity index is 1.23. The first kappa shape index (κ1) is 31.9. The molecular weight excluding hydrogens is 615 g/mol. The number of amidine groups is 1. The predicted molar refractivity (Wildman–Crippen MR) is 163 cm³/mol. The van der Waals surface area contributed by atoms with Crippen molar-refractivity contribution in [3.63, 3.8) is 0 Å². The van der Waals surface area contributed by atoms with Crippen LogP contribution in [0.3, 0.4) is 0 Å². The lowest BCUT2D eigenvalue weighted by Crippen LogP contribution is -2.43. The standard InChI is InChI=1S/C31H29F5N6O2S/c1-3-20-6-4-5-7-25(20)42-19(2)16-17-45-30(42)39-29(43)38-27(33)26(32)21-8-10-22(11-9-21)28-37-18-41(40-28)23-12-14-24(15-13-23)44-31(34,35)36/h4-15,18-19,26-27H,3,16-17H2,1-2H3,(H,38,43). The lowest BCUT2D eigenvalue weighted by Gasteiger charge is -2.36. The summed E-state index contributed by atoms with van der Waals surface area (Å²) in [7, 11) is 0. The zero-order valence-corrected chi connectivity index (χ0v) is 25.0. The quantitative estimate of drug-likeness (QED) is 0.156. The number of nitrogens with zero attached hydrogens (tertiary/aromatic N) is 5. The molecule has 1 aliphatic heterocycles. The molecule has 45 heavy (non-hydrogen) atoms. The average Bonchev–Trinajstić information content (AvgIpc) is 3.51. The summed E-state index contributed by atoms with van der Waals surface area (Å²) < 4.78 is 72.5. The molecule has 236 valence electrons. The van der Waals surface area contributed by atoms with Crippen molar-refractivity contribution in [3.05, 3.63) is 90.3 Å². The number of nitrogens with one attached hydrogen (secondary N) is 1. The maximum absolute atomic E-state index is 15.1. The summed E-state index contributed by atoms with van der Waals surface area (Å²) in [6, 6.07) is 17.7. The fourth-order valence-electron chi connectivity index (χ4n) is 4.79. The number of aromatic nitrogens is 3. The van der Waals surface area contributed by atoms with Gasteiger partial charge in [-0.1, -0.05) is 61.2 Å². The van der Waals surface area contributed by atoms with Gasteiger partial charge in [-0.3, -0.25) is 0 Å². The molecule has 8 nitrogen and oxygen atoms in total. The summed E-state index contributed by atoms with van der Waals surface area (Å²) in [4.78, 5) is 23.0. The molecule has 4 aromatic rings. The van der Waals surface area contributed by atoms with Crippen LogP contribution < -0.4 is 15.0 Å². The highest BCUT2D eigenvalue weighted by atomic mass is 32.2. The largest absolute Gasteiger partial charge is 0.573 e. The maximum Gasteiger partial charge on any atom is 0.573 e. The molecule has 1 N–H and O–H groups in total. The number of rotatable bonds is 8. The molecule has 0 radical (unpaired) electrons. The summed E-state index contributed by atoms with van der Waals surface area (Å²) >= 11 is 1.39. The predicted octanol–water partition coefficient (Wildman–Crippen LogP) is 7.80. The Bertz CT molecular complexity index is 1650. The smallest absolute Gasteiger partial charge is 0.406 e. The second-order valence-electron chi connectivity index (χ2n) is 10.2. The second-order valence-corrected chi connectivity index (χ2v) is 11.2. The lowest BCUT2D eigenvalue weighted by atomic mass is 10.1. The number of amides is 2. The van der Waals surface area contributed by atoms with Gasteiger partial charge in [0.1, 0.15) is 12.1 Å².